The van der Waals surface area contributed by atoms with Crippen LogP contribution in [0.4, 0.5) is 13.2 Å². The summed E-state index contributed by atoms with van der Waals surface area (Å²) in [4.78, 5) is 31.3. The SMILES string of the molecule is CN(C)Cc1cc(C(=O)N[C@H]2CCc3ccc(Oc4ccnc(C(=O)NC5CC5)c4)cc3C2)cc(C(F)(F)F)c1. The minimum atomic E-state index is -4.55. The molecule has 1 saturated carbocycles. The molecular weight excluding hydrogens is 521 g/mol. The number of carbonyl (C=O) groups is 2. The number of ether oxygens (including phenoxy) is 1. The van der Waals surface area contributed by atoms with Crippen LogP contribution in [0.15, 0.2) is 54.7 Å². The van der Waals surface area contributed by atoms with E-state index in [1.807, 2.05) is 18.2 Å². The summed E-state index contributed by atoms with van der Waals surface area (Å²) in [5.74, 6) is 0.304. The number of hydrogen-bond donors (Lipinski definition) is 2. The highest BCUT2D eigenvalue weighted by Crippen LogP contribution is 2.32. The van der Waals surface area contributed by atoms with E-state index in [-0.39, 0.29) is 35.8 Å². The molecule has 0 spiro atoms. The minimum absolute atomic E-state index is 0.00577. The van der Waals surface area contributed by atoms with Gasteiger partial charge in [-0.2, -0.15) is 13.2 Å². The number of alkyl halides is 3. The molecule has 0 unspecified atom stereocenters. The van der Waals surface area contributed by atoms with Crippen molar-refractivity contribution in [2.75, 3.05) is 14.1 Å². The van der Waals surface area contributed by atoms with Crippen molar-refractivity contribution in [1.29, 1.82) is 0 Å². The number of fused-ring (bicyclic) bond motifs is 1. The lowest BCUT2D eigenvalue weighted by atomic mass is 9.88. The molecule has 7 nitrogen and oxygen atoms in total. The maximum absolute atomic E-state index is 13.5. The number of carbonyl (C=O) groups excluding carboxylic acids is 2. The van der Waals surface area contributed by atoms with Crippen LogP contribution in [0.3, 0.4) is 0 Å². The molecule has 40 heavy (non-hydrogen) atoms. The fraction of sp³-hybridized carbons (Fsp3) is 0.367. The molecule has 1 heterocycles. The Hall–Kier alpha value is -3.92. The highest BCUT2D eigenvalue weighted by Gasteiger charge is 2.32. The van der Waals surface area contributed by atoms with Gasteiger partial charge in [-0.05, 0) is 99.3 Å². The van der Waals surface area contributed by atoms with Crippen LogP contribution in [0.25, 0.3) is 0 Å². The van der Waals surface area contributed by atoms with Crippen LogP contribution in [0.5, 0.6) is 11.5 Å². The molecule has 0 saturated heterocycles. The van der Waals surface area contributed by atoms with E-state index < -0.39 is 17.6 Å². The molecule has 2 amide bonds. The van der Waals surface area contributed by atoms with Crippen molar-refractivity contribution in [3.8, 4) is 11.5 Å². The molecule has 2 aliphatic carbocycles. The number of rotatable bonds is 8. The maximum Gasteiger partial charge on any atom is 0.416 e. The second-order valence-corrected chi connectivity index (χ2v) is 10.7. The van der Waals surface area contributed by atoms with Crippen molar-refractivity contribution in [3.05, 3.63) is 88.2 Å². The summed E-state index contributed by atoms with van der Waals surface area (Å²) in [5, 5.41) is 5.84. The second kappa shape index (κ2) is 11.3. The van der Waals surface area contributed by atoms with Gasteiger partial charge in [-0.25, -0.2) is 0 Å². The molecule has 1 aromatic heterocycles. The monoisotopic (exact) mass is 552 g/mol. The van der Waals surface area contributed by atoms with E-state index in [9.17, 15) is 22.8 Å². The van der Waals surface area contributed by atoms with Gasteiger partial charge in [-0.15, -0.1) is 0 Å². The number of aryl methyl sites for hydroxylation is 1. The predicted molar refractivity (Wildman–Crippen MR) is 143 cm³/mol. The fourth-order valence-electron chi connectivity index (χ4n) is 4.85. The Kier molecular flexibility index (Phi) is 7.80. The van der Waals surface area contributed by atoms with Gasteiger partial charge in [0.25, 0.3) is 11.8 Å². The van der Waals surface area contributed by atoms with Crippen molar-refractivity contribution in [3.63, 3.8) is 0 Å². The summed E-state index contributed by atoms with van der Waals surface area (Å²) in [5.41, 5.74) is 1.99. The third kappa shape index (κ3) is 6.98. The molecular formula is C30H31F3N4O3. The molecule has 0 radical (unpaired) electrons. The van der Waals surface area contributed by atoms with Crippen LogP contribution in [0.2, 0.25) is 0 Å². The number of nitrogens with zero attached hydrogens (tertiary/aromatic N) is 2. The number of hydrogen-bond acceptors (Lipinski definition) is 5. The predicted octanol–water partition coefficient (Wildman–Crippen LogP) is 5.13. The molecule has 0 bridgehead atoms. The molecule has 1 fully saturated rings. The Morgan fingerprint density at radius 3 is 2.40 bits per heavy atom. The standard InChI is InChI=1S/C30H31F3N4O3/c1-37(2)17-18-11-21(13-22(12-18)30(31,32)33)28(38)36-24-5-3-19-4-8-25(15-20(19)14-24)40-26-9-10-34-27(16-26)29(39)35-23-6-7-23/h4,8-13,15-16,23-24H,3,5-7,14,17H2,1-2H3,(H,35,39)(H,36,38)/t24-/m0/s1. The van der Waals surface area contributed by atoms with Gasteiger partial charge < -0.3 is 20.3 Å². The first-order chi connectivity index (χ1) is 19.0. The average molecular weight is 553 g/mol. The van der Waals surface area contributed by atoms with Gasteiger partial charge in [-0.1, -0.05) is 6.07 Å². The summed E-state index contributed by atoms with van der Waals surface area (Å²) < 4.78 is 46.5. The quantitative estimate of drug-likeness (QED) is 0.405. The van der Waals surface area contributed by atoms with Crippen LogP contribution in [0, 0.1) is 0 Å². The number of benzene rings is 2. The number of aromatic nitrogens is 1. The average Bonchev–Trinajstić information content (AvgIpc) is 3.71. The van der Waals surface area contributed by atoms with E-state index >= 15 is 0 Å². The summed E-state index contributed by atoms with van der Waals surface area (Å²) in [6.45, 7) is 0.286. The molecule has 1 atom stereocenters. The number of halogens is 3. The zero-order chi connectivity index (χ0) is 28.4. The van der Waals surface area contributed by atoms with Crippen LogP contribution in [0.1, 0.15) is 62.4 Å². The Morgan fingerprint density at radius 1 is 0.925 bits per heavy atom. The van der Waals surface area contributed by atoms with Crippen molar-refractivity contribution >= 4 is 11.8 Å². The van der Waals surface area contributed by atoms with Crippen molar-refractivity contribution in [1.82, 2.24) is 20.5 Å². The molecule has 210 valence electrons. The zero-order valence-corrected chi connectivity index (χ0v) is 22.3. The van der Waals surface area contributed by atoms with Crippen LogP contribution in [-0.2, 0) is 25.6 Å². The van der Waals surface area contributed by atoms with Gasteiger partial charge >= 0.3 is 6.18 Å². The number of nitrogens with one attached hydrogen (secondary N) is 2. The van der Waals surface area contributed by atoms with E-state index in [0.29, 0.717) is 29.9 Å². The van der Waals surface area contributed by atoms with Gasteiger partial charge in [0.15, 0.2) is 0 Å². The Morgan fingerprint density at radius 2 is 1.68 bits per heavy atom. The van der Waals surface area contributed by atoms with Crippen molar-refractivity contribution in [2.45, 2.75) is 56.9 Å². The van der Waals surface area contributed by atoms with Gasteiger partial charge in [0.2, 0.25) is 0 Å². The van der Waals surface area contributed by atoms with Crippen LogP contribution in [-0.4, -0.2) is 47.9 Å². The summed E-state index contributed by atoms with van der Waals surface area (Å²) in [6, 6.07) is 12.5. The summed E-state index contributed by atoms with van der Waals surface area (Å²) in [6.07, 6.45) is 0.855. The van der Waals surface area contributed by atoms with E-state index in [2.05, 4.69) is 15.6 Å². The van der Waals surface area contributed by atoms with Gasteiger partial charge in [0.05, 0.1) is 5.56 Å². The number of pyridine rings is 1. The van der Waals surface area contributed by atoms with E-state index in [0.717, 1.165) is 42.5 Å². The lowest BCUT2D eigenvalue weighted by Crippen LogP contribution is -2.39. The third-order valence-electron chi connectivity index (χ3n) is 6.93. The Balaban J connectivity index is 1.27. The van der Waals surface area contributed by atoms with Gasteiger partial charge in [0.1, 0.15) is 17.2 Å². The molecule has 2 aliphatic rings. The Bertz CT molecular complexity index is 1420. The lowest BCUT2D eigenvalue weighted by molar-refractivity contribution is -0.137. The lowest BCUT2D eigenvalue weighted by Gasteiger charge is -2.26. The van der Waals surface area contributed by atoms with Crippen LogP contribution >= 0.6 is 0 Å². The number of amides is 2. The third-order valence-corrected chi connectivity index (χ3v) is 6.93. The highest BCUT2D eigenvalue weighted by molar-refractivity contribution is 5.95. The van der Waals surface area contributed by atoms with Crippen LogP contribution < -0.4 is 15.4 Å². The first-order valence-electron chi connectivity index (χ1n) is 13.3. The molecule has 5 rings (SSSR count). The topological polar surface area (TPSA) is 83.6 Å². The zero-order valence-electron chi connectivity index (χ0n) is 22.3. The summed E-state index contributed by atoms with van der Waals surface area (Å²) in [7, 11) is 3.52. The highest BCUT2D eigenvalue weighted by atomic mass is 19.4. The molecule has 3 aromatic rings. The Labute approximate surface area is 230 Å². The van der Waals surface area contributed by atoms with Crippen molar-refractivity contribution in [2.24, 2.45) is 0 Å². The van der Waals surface area contributed by atoms with Crippen molar-refractivity contribution < 1.29 is 27.5 Å². The molecule has 2 aromatic carbocycles. The molecule has 10 heteroatoms. The van der Waals surface area contributed by atoms with E-state index in [1.54, 1.807) is 31.1 Å². The smallest absolute Gasteiger partial charge is 0.416 e. The molecule has 2 N–H and O–H groups in total. The second-order valence-electron chi connectivity index (χ2n) is 10.7. The van der Waals surface area contributed by atoms with Gasteiger partial charge in [0, 0.05) is 36.5 Å². The summed E-state index contributed by atoms with van der Waals surface area (Å²) >= 11 is 0. The minimum Gasteiger partial charge on any atom is -0.457 e. The molecule has 0 aliphatic heterocycles. The first-order valence-corrected chi connectivity index (χ1v) is 13.3. The van der Waals surface area contributed by atoms with E-state index in [1.165, 1.54) is 12.3 Å². The normalized spacial score (nSPS) is 16.8. The maximum atomic E-state index is 13.5. The fourth-order valence-corrected chi connectivity index (χ4v) is 4.85. The largest absolute Gasteiger partial charge is 0.457 e. The van der Waals surface area contributed by atoms with E-state index in [4.69, 9.17) is 4.74 Å². The van der Waals surface area contributed by atoms with Gasteiger partial charge in [-0.3, -0.25) is 14.6 Å². The first kappa shape index (κ1) is 27.6.